The lowest BCUT2D eigenvalue weighted by atomic mass is 10.3. The summed E-state index contributed by atoms with van der Waals surface area (Å²) in [6.45, 7) is 7.44. The lowest BCUT2D eigenvalue weighted by molar-refractivity contribution is -0.144. The Morgan fingerprint density at radius 2 is 2.50 bits per heavy atom. The van der Waals surface area contributed by atoms with Gasteiger partial charge in [-0.3, -0.25) is 9.69 Å². The molecule has 0 aliphatic carbocycles. The number of nitrogens with zero attached hydrogens (tertiary/aromatic N) is 1. The average molecular weight is 223 g/mol. The van der Waals surface area contributed by atoms with Crippen molar-refractivity contribution >= 4 is 5.97 Å². The third-order valence-corrected chi connectivity index (χ3v) is 2.03. The zero-order valence-electron chi connectivity index (χ0n) is 9.52. The van der Waals surface area contributed by atoms with Gasteiger partial charge in [-0.25, -0.2) is 0 Å². The highest BCUT2D eigenvalue weighted by Gasteiger charge is 2.11. The van der Waals surface area contributed by atoms with E-state index in [9.17, 15) is 4.79 Å². The smallest absolute Gasteiger partial charge is 0.320 e. The molecule has 0 amide bonds. The van der Waals surface area contributed by atoms with Crippen LogP contribution in [0.15, 0.2) is 35.7 Å². The lowest BCUT2D eigenvalue weighted by Gasteiger charge is -2.18. The molecule has 4 heteroatoms. The summed E-state index contributed by atoms with van der Waals surface area (Å²) in [6.07, 6.45) is 5.05. The number of carbonyl (C=O) groups excluding carboxylic acids is 1. The minimum atomic E-state index is -0.215. The highest BCUT2D eigenvalue weighted by atomic mass is 16.5. The van der Waals surface area contributed by atoms with Crippen molar-refractivity contribution in [3.63, 3.8) is 0 Å². The van der Waals surface area contributed by atoms with Gasteiger partial charge in [0.15, 0.2) is 0 Å². The fourth-order valence-corrected chi connectivity index (χ4v) is 1.40. The van der Waals surface area contributed by atoms with Crippen LogP contribution in [0.4, 0.5) is 0 Å². The third kappa shape index (κ3) is 4.31. The van der Waals surface area contributed by atoms with E-state index in [2.05, 4.69) is 6.58 Å². The van der Waals surface area contributed by atoms with E-state index in [4.69, 9.17) is 9.15 Å². The molecule has 0 bridgehead atoms. The Morgan fingerprint density at radius 3 is 3.06 bits per heavy atom. The Hall–Kier alpha value is -1.55. The monoisotopic (exact) mass is 223 g/mol. The van der Waals surface area contributed by atoms with E-state index in [1.165, 1.54) is 0 Å². The standard InChI is InChI=1S/C12H17NO3/c1-3-6-13(9-12(14)16-4-2)8-11-5-7-15-10-11/h3,5,7,10H,1,4,6,8-9H2,2H3. The van der Waals surface area contributed by atoms with Crippen LogP contribution in [0.2, 0.25) is 0 Å². The number of esters is 1. The number of rotatable bonds is 7. The van der Waals surface area contributed by atoms with Crippen molar-refractivity contribution in [2.45, 2.75) is 13.5 Å². The minimum absolute atomic E-state index is 0.215. The first-order valence-corrected chi connectivity index (χ1v) is 5.26. The van der Waals surface area contributed by atoms with Crippen LogP contribution in [0.25, 0.3) is 0 Å². The van der Waals surface area contributed by atoms with E-state index in [-0.39, 0.29) is 12.5 Å². The summed E-state index contributed by atoms with van der Waals surface area (Å²) < 4.78 is 9.88. The van der Waals surface area contributed by atoms with Crippen molar-refractivity contribution < 1.29 is 13.9 Å². The fourth-order valence-electron chi connectivity index (χ4n) is 1.40. The van der Waals surface area contributed by atoms with E-state index < -0.39 is 0 Å². The van der Waals surface area contributed by atoms with Crippen molar-refractivity contribution in [2.24, 2.45) is 0 Å². The molecular weight excluding hydrogens is 206 g/mol. The Balaban J connectivity index is 2.47. The Morgan fingerprint density at radius 1 is 1.69 bits per heavy atom. The van der Waals surface area contributed by atoms with Gasteiger partial charge in [0.25, 0.3) is 0 Å². The highest BCUT2D eigenvalue weighted by Crippen LogP contribution is 2.05. The van der Waals surface area contributed by atoms with Gasteiger partial charge in [0, 0.05) is 18.7 Å². The van der Waals surface area contributed by atoms with Crippen molar-refractivity contribution in [2.75, 3.05) is 19.7 Å². The molecule has 0 saturated heterocycles. The number of carbonyl (C=O) groups is 1. The topological polar surface area (TPSA) is 42.7 Å². The zero-order valence-corrected chi connectivity index (χ0v) is 9.52. The second-order valence-electron chi connectivity index (χ2n) is 3.39. The van der Waals surface area contributed by atoms with Gasteiger partial charge in [0.2, 0.25) is 0 Å². The number of ether oxygens (including phenoxy) is 1. The lowest BCUT2D eigenvalue weighted by Crippen LogP contribution is -2.30. The van der Waals surface area contributed by atoms with Gasteiger partial charge in [-0.2, -0.15) is 0 Å². The number of furan rings is 1. The van der Waals surface area contributed by atoms with Gasteiger partial charge in [-0.15, -0.1) is 6.58 Å². The van der Waals surface area contributed by atoms with Crippen LogP contribution in [0.1, 0.15) is 12.5 Å². The van der Waals surface area contributed by atoms with Gasteiger partial charge < -0.3 is 9.15 Å². The normalized spacial score (nSPS) is 10.4. The summed E-state index contributed by atoms with van der Waals surface area (Å²) in [7, 11) is 0. The molecule has 0 unspecified atom stereocenters. The summed E-state index contributed by atoms with van der Waals surface area (Å²) in [4.78, 5) is 13.3. The zero-order chi connectivity index (χ0) is 11.8. The van der Waals surface area contributed by atoms with E-state index in [1.54, 1.807) is 25.5 Å². The van der Waals surface area contributed by atoms with Crippen LogP contribution in [0.3, 0.4) is 0 Å². The molecule has 0 atom stereocenters. The van der Waals surface area contributed by atoms with Gasteiger partial charge in [-0.1, -0.05) is 6.08 Å². The maximum Gasteiger partial charge on any atom is 0.320 e. The Bertz CT molecular complexity index is 319. The quantitative estimate of drug-likeness (QED) is 0.522. The van der Waals surface area contributed by atoms with Crippen molar-refractivity contribution in [1.29, 1.82) is 0 Å². The molecule has 0 radical (unpaired) electrons. The van der Waals surface area contributed by atoms with Gasteiger partial charge in [0.05, 0.1) is 25.7 Å². The summed E-state index contributed by atoms with van der Waals surface area (Å²) in [6, 6.07) is 1.88. The molecule has 88 valence electrons. The van der Waals surface area contributed by atoms with Gasteiger partial charge >= 0.3 is 5.97 Å². The molecule has 0 spiro atoms. The molecule has 0 fully saturated rings. The third-order valence-electron chi connectivity index (χ3n) is 2.03. The molecule has 0 aliphatic heterocycles. The van der Waals surface area contributed by atoms with Gasteiger partial charge in [0.1, 0.15) is 0 Å². The Kier molecular flexibility index (Phi) is 5.36. The molecule has 1 heterocycles. The van der Waals surface area contributed by atoms with Crippen LogP contribution in [0, 0.1) is 0 Å². The number of hydrogen-bond donors (Lipinski definition) is 0. The van der Waals surface area contributed by atoms with Gasteiger partial charge in [-0.05, 0) is 13.0 Å². The van der Waals surface area contributed by atoms with E-state index in [0.29, 0.717) is 19.7 Å². The van der Waals surface area contributed by atoms with Crippen molar-refractivity contribution in [3.05, 3.63) is 36.8 Å². The maximum absolute atomic E-state index is 11.3. The first-order valence-electron chi connectivity index (χ1n) is 5.26. The molecule has 4 nitrogen and oxygen atoms in total. The van der Waals surface area contributed by atoms with E-state index in [0.717, 1.165) is 5.56 Å². The molecular formula is C12H17NO3. The van der Waals surface area contributed by atoms with Crippen LogP contribution in [-0.4, -0.2) is 30.6 Å². The summed E-state index contributed by atoms with van der Waals surface area (Å²) in [5, 5.41) is 0. The predicted molar refractivity (Wildman–Crippen MR) is 60.8 cm³/mol. The molecule has 0 aliphatic rings. The first kappa shape index (κ1) is 12.5. The van der Waals surface area contributed by atoms with Crippen LogP contribution in [-0.2, 0) is 16.1 Å². The number of hydrogen-bond acceptors (Lipinski definition) is 4. The van der Waals surface area contributed by atoms with Crippen LogP contribution >= 0.6 is 0 Å². The minimum Gasteiger partial charge on any atom is -0.472 e. The van der Waals surface area contributed by atoms with Crippen LogP contribution < -0.4 is 0 Å². The van der Waals surface area contributed by atoms with Crippen molar-refractivity contribution in [3.8, 4) is 0 Å². The summed E-state index contributed by atoms with van der Waals surface area (Å²) >= 11 is 0. The Labute approximate surface area is 95.5 Å². The first-order chi connectivity index (χ1) is 7.76. The molecule has 1 aromatic heterocycles. The van der Waals surface area contributed by atoms with Crippen LogP contribution in [0.5, 0.6) is 0 Å². The predicted octanol–water partition coefficient (Wildman–Crippen LogP) is 1.83. The summed E-state index contributed by atoms with van der Waals surface area (Å²) in [5.41, 5.74) is 1.03. The molecule has 1 rings (SSSR count). The highest BCUT2D eigenvalue weighted by molar-refractivity contribution is 5.71. The van der Waals surface area contributed by atoms with Crippen molar-refractivity contribution in [1.82, 2.24) is 4.90 Å². The maximum atomic E-state index is 11.3. The summed E-state index contributed by atoms with van der Waals surface area (Å²) in [5.74, 6) is -0.215. The fraction of sp³-hybridized carbons (Fsp3) is 0.417. The molecule has 0 N–H and O–H groups in total. The SMILES string of the molecule is C=CCN(CC(=O)OCC)Cc1ccoc1. The second-order valence-corrected chi connectivity index (χ2v) is 3.39. The van der Waals surface area contributed by atoms with E-state index >= 15 is 0 Å². The molecule has 0 aromatic carbocycles. The second kappa shape index (κ2) is 6.85. The molecule has 16 heavy (non-hydrogen) atoms. The molecule has 1 aromatic rings. The molecule has 0 saturated carbocycles. The van der Waals surface area contributed by atoms with E-state index in [1.807, 2.05) is 11.0 Å². The largest absolute Gasteiger partial charge is 0.472 e. The average Bonchev–Trinajstić information content (AvgIpc) is 2.71.